The highest BCUT2D eigenvalue weighted by molar-refractivity contribution is 5.85. The van der Waals surface area contributed by atoms with Crippen LogP contribution in [0.5, 0.6) is 0 Å². The van der Waals surface area contributed by atoms with E-state index in [9.17, 15) is 0 Å². The standard InChI is InChI=1S/C13H21N5/c1-3-5-6-10(4-2)7-14-12-11-8-17-18-13(11)16-9-15-12/h8-10H,3-7H2,1-2H3,(H2,14,15,16,17,18)/t10-/m1/s1. The topological polar surface area (TPSA) is 66.5 Å². The van der Waals surface area contributed by atoms with E-state index in [1.807, 2.05) is 0 Å². The summed E-state index contributed by atoms with van der Waals surface area (Å²) in [5.74, 6) is 1.59. The summed E-state index contributed by atoms with van der Waals surface area (Å²) >= 11 is 0. The molecule has 98 valence electrons. The molecule has 0 bridgehead atoms. The maximum Gasteiger partial charge on any atom is 0.160 e. The number of hydrogen-bond donors (Lipinski definition) is 2. The van der Waals surface area contributed by atoms with E-state index in [4.69, 9.17) is 0 Å². The fourth-order valence-electron chi connectivity index (χ4n) is 2.09. The third-order valence-electron chi connectivity index (χ3n) is 3.35. The SMILES string of the molecule is CCCC[C@@H](CC)CNc1ncnc2[nH]ncc12. The van der Waals surface area contributed by atoms with Crippen LogP contribution in [-0.4, -0.2) is 26.7 Å². The maximum atomic E-state index is 4.28. The van der Waals surface area contributed by atoms with Gasteiger partial charge in [-0.05, 0) is 12.3 Å². The van der Waals surface area contributed by atoms with E-state index >= 15 is 0 Å². The predicted octanol–water partition coefficient (Wildman–Crippen LogP) is 2.98. The van der Waals surface area contributed by atoms with Crippen molar-refractivity contribution in [1.82, 2.24) is 20.2 Å². The molecule has 0 unspecified atom stereocenters. The van der Waals surface area contributed by atoms with Crippen LogP contribution in [0.4, 0.5) is 5.82 Å². The lowest BCUT2D eigenvalue weighted by molar-refractivity contribution is 0.472. The smallest absolute Gasteiger partial charge is 0.160 e. The van der Waals surface area contributed by atoms with Crippen LogP contribution in [0, 0.1) is 5.92 Å². The van der Waals surface area contributed by atoms with E-state index in [2.05, 4.69) is 39.3 Å². The van der Waals surface area contributed by atoms with Crippen LogP contribution in [0.15, 0.2) is 12.5 Å². The largest absolute Gasteiger partial charge is 0.369 e. The minimum atomic E-state index is 0.710. The molecule has 5 nitrogen and oxygen atoms in total. The monoisotopic (exact) mass is 247 g/mol. The number of nitrogens with one attached hydrogen (secondary N) is 2. The average molecular weight is 247 g/mol. The van der Waals surface area contributed by atoms with Gasteiger partial charge in [-0.15, -0.1) is 0 Å². The van der Waals surface area contributed by atoms with Crippen LogP contribution in [0.1, 0.15) is 39.5 Å². The molecule has 0 spiro atoms. The van der Waals surface area contributed by atoms with Crippen LogP contribution < -0.4 is 5.32 Å². The minimum Gasteiger partial charge on any atom is -0.369 e. The number of aromatic amines is 1. The molecule has 2 N–H and O–H groups in total. The molecule has 0 amide bonds. The molecule has 0 aliphatic rings. The van der Waals surface area contributed by atoms with Crippen LogP contribution in [-0.2, 0) is 0 Å². The first kappa shape index (κ1) is 12.8. The normalized spacial score (nSPS) is 12.8. The number of rotatable bonds is 7. The van der Waals surface area contributed by atoms with Crippen molar-refractivity contribution < 1.29 is 0 Å². The lowest BCUT2D eigenvalue weighted by Crippen LogP contribution is -2.14. The lowest BCUT2D eigenvalue weighted by atomic mass is 9.99. The zero-order chi connectivity index (χ0) is 12.8. The zero-order valence-electron chi connectivity index (χ0n) is 11.1. The summed E-state index contributed by atoms with van der Waals surface area (Å²) in [5, 5.41) is 11.2. The number of H-pyrrole nitrogens is 1. The van der Waals surface area contributed by atoms with Crippen molar-refractivity contribution in [3.63, 3.8) is 0 Å². The van der Waals surface area contributed by atoms with E-state index in [0.717, 1.165) is 23.4 Å². The van der Waals surface area contributed by atoms with Crippen LogP contribution >= 0.6 is 0 Å². The summed E-state index contributed by atoms with van der Waals surface area (Å²) in [6, 6.07) is 0. The van der Waals surface area contributed by atoms with Crippen molar-refractivity contribution in [2.45, 2.75) is 39.5 Å². The second-order valence-electron chi connectivity index (χ2n) is 4.65. The van der Waals surface area contributed by atoms with Gasteiger partial charge in [0.25, 0.3) is 0 Å². The molecular weight excluding hydrogens is 226 g/mol. The molecule has 0 saturated carbocycles. The minimum absolute atomic E-state index is 0.710. The number of aromatic nitrogens is 4. The van der Waals surface area contributed by atoms with E-state index < -0.39 is 0 Å². The van der Waals surface area contributed by atoms with Gasteiger partial charge >= 0.3 is 0 Å². The van der Waals surface area contributed by atoms with Crippen molar-refractivity contribution in [2.75, 3.05) is 11.9 Å². The van der Waals surface area contributed by atoms with E-state index in [-0.39, 0.29) is 0 Å². The quantitative estimate of drug-likeness (QED) is 0.789. The van der Waals surface area contributed by atoms with Crippen LogP contribution in [0.3, 0.4) is 0 Å². The van der Waals surface area contributed by atoms with Crippen molar-refractivity contribution in [1.29, 1.82) is 0 Å². The van der Waals surface area contributed by atoms with Gasteiger partial charge in [0, 0.05) is 6.54 Å². The van der Waals surface area contributed by atoms with E-state index in [0.29, 0.717) is 5.92 Å². The van der Waals surface area contributed by atoms with Gasteiger partial charge in [-0.25, -0.2) is 9.97 Å². The molecule has 2 aromatic rings. The predicted molar refractivity (Wildman–Crippen MR) is 73.5 cm³/mol. The summed E-state index contributed by atoms with van der Waals surface area (Å²) in [6.07, 6.45) is 8.37. The summed E-state index contributed by atoms with van der Waals surface area (Å²) in [4.78, 5) is 8.41. The maximum absolute atomic E-state index is 4.28. The highest BCUT2D eigenvalue weighted by atomic mass is 15.2. The van der Waals surface area contributed by atoms with Crippen LogP contribution in [0.25, 0.3) is 11.0 Å². The first-order valence-corrected chi connectivity index (χ1v) is 6.73. The van der Waals surface area contributed by atoms with Gasteiger partial charge in [0.1, 0.15) is 12.1 Å². The Hall–Kier alpha value is -1.65. The number of fused-ring (bicyclic) bond motifs is 1. The van der Waals surface area contributed by atoms with Gasteiger partial charge in [0.2, 0.25) is 0 Å². The molecule has 18 heavy (non-hydrogen) atoms. The lowest BCUT2D eigenvalue weighted by Gasteiger charge is -2.15. The van der Waals surface area contributed by atoms with Crippen molar-refractivity contribution >= 4 is 16.9 Å². The second kappa shape index (κ2) is 6.33. The Labute approximate surface area is 107 Å². The van der Waals surface area contributed by atoms with Gasteiger partial charge in [-0.3, -0.25) is 5.10 Å². The van der Waals surface area contributed by atoms with Gasteiger partial charge in [0.15, 0.2) is 5.65 Å². The highest BCUT2D eigenvalue weighted by Crippen LogP contribution is 2.18. The Kier molecular flexibility index (Phi) is 4.50. The fraction of sp³-hybridized carbons (Fsp3) is 0.615. The molecule has 0 aromatic carbocycles. The van der Waals surface area contributed by atoms with Crippen molar-refractivity contribution in [3.05, 3.63) is 12.5 Å². The van der Waals surface area contributed by atoms with Crippen molar-refractivity contribution in [3.8, 4) is 0 Å². The molecule has 0 aliphatic heterocycles. The Balaban J connectivity index is 1.98. The Bertz CT molecular complexity index is 479. The molecule has 1 atom stereocenters. The third-order valence-corrected chi connectivity index (χ3v) is 3.35. The van der Waals surface area contributed by atoms with Crippen LogP contribution in [0.2, 0.25) is 0 Å². The van der Waals surface area contributed by atoms with Gasteiger partial charge in [0.05, 0.1) is 11.6 Å². The summed E-state index contributed by atoms with van der Waals surface area (Å²) in [7, 11) is 0. The molecular formula is C13H21N5. The fourth-order valence-corrected chi connectivity index (χ4v) is 2.09. The number of anilines is 1. The first-order valence-electron chi connectivity index (χ1n) is 6.73. The Morgan fingerprint density at radius 1 is 1.33 bits per heavy atom. The third kappa shape index (κ3) is 2.97. The first-order chi connectivity index (χ1) is 8.85. The number of nitrogens with zero attached hydrogens (tertiary/aromatic N) is 3. The highest BCUT2D eigenvalue weighted by Gasteiger charge is 2.08. The van der Waals surface area contributed by atoms with Crippen molar-refractivity contribution in [2.24, 2.45) is 5.92 Å². The van der Waals surface area contributed by atoms with Gasteiger partial charge in [-0.2, -0.15) is 5.10 Å². The molecule has 0 saturated heterocycles. The van der Waals surface area contributed by atoms with Gasteiger partial charge in [-0.1, -0.05) is 33.1 Å². The second-order valence-corrected chi connectivity index (χ2v) is 4.65. The molecule has 2 heterocycles. The summed E-state index contributed by atoms with van der Waals surface area (Å²) < 4.78 is 0. The average Bonchev–Trinajstić information content (AvgIpc) is 2.88. The molecule has 0 fully saturated rings. The van der Waals surface area contributed by atoms with Gasteiger partial charge < -0.3 is 5.32 Å². The summed E-state index contributed by atoms with van der Waals surface area (Å²) in [5.41, 5.74) is 0.786. The molecule has 2 aromatic heterocycles. The Morgan fingerprint density at radius 3 is 3.00 bits per heavy atom. The van der Waals surface area contributed by atoms with E-state index in [1.54, 1.807) is 12.5 Å². The van der Waals surface area contributed by atoms with E-state index in [1.165, 1.54) is 25.7 Å². The zero-order valence-corrected chi connectivity index (χ0v) is 11.1. The number of unbranched alkanes of at least 4 members (excludes halogenated alkanes) is 1. The molecule has 0 aliphatic carbocycles. The molecule has 0 radical (unpaired) electrons. The number of hydrogen-bond acceptors (Lipinski definition) is 4. The summed E-state index contributed by atoms with van der Waals surface area (Å²) in [6.45, 7) is 5.45. The Morgan fingerprint density at radius 2 is 2.22 bits per heavy atom. The molecule has 2 rings (SSSR count). The molecule has 5 heteroatoms.